The second-order valence-electron chi connectivity index (χ2n) is 8.42. The number of rotatable bonds is 5. The Morgan fingerprint density at radius 1 is 1.00 bits per heavy atom. The third-order valence-electron chi connectivity index (χ3n) is 6.37. The van der Waals surface area contributed by atoms with E-state index in [1.807, 2.05) is 0 Å². The lowest BCUT2D eigenvalue weighted by molar-refractivity contribution is 0.148. The summed E-state index contributed by atoms with van der Waals surface area (Å²) in [6.45, 7) is 1.79. The van der Waals surface area contributed by atoms with E-state index in [1.165, 1.54) is 35.2 Å². The number of alkyl halides is 2. The van der Waals surface area contributed by atoms with Gasteiger partial charge in [0.15, 0.2) is 0 Å². The minimum Gasteiger partial charge on any atom is -0.383 e. The largest absolute Gasteiger partial charge is 0.383 e. The molecule has 4 aromatic rings. The predicted molar refractivity (Wildman–Crippen MR) is 128 cm³/mol. The van der Waals surface area contributed by atoms with Gasteiger partial charge in [0.2, 0.25) is 0 Å². The maximum atomic E-state index is 14.9. The van der Waals surface area contributed by atoms with Crippen molar-refractivity contribution in [1.82, 2.24) is 9.55 Å². The number of nitrogens with zero attached hydrogens (tertiary/aromatic N) is 3. The van der Waals surface area contributed by atoms with Crippen molar-refractivity contribution < 1.29 is 17.6 Å². The molecule has 0 aliphatic carbocycles. The monoisotopic (exact) mass is 492 g/mol. The Kier molecular flexibility index (Phi) is 5.70. The topological polar surface area (TPSA) is 73.3 Å². The Balaban J connectivity index is 1.86. The number of hydrogen-bond donors (Lipinski definition) is 1. The van der Waals surface area contributed by atoms with Gasteiger partial charge in [-0.3, -0.25) is 9.78 Å². The van der Waals surface area contributed by atoms with Crippen LogP contribution in [0.3, 0.4) is 0 Å². The summed E-state index contributed by atoms with van der Waals surface area (Å²) in [6, 6.07) is 13.6. The normalized spacial score (nSPS) is 16.8. The second-order valence-corrected chi connectivity index (χ2v) is 8.42. The van der Waals surface area contributed by atoms with E-state index in [0.717, 1.165) is 12.3 Å². The SMILES string of the molecule is CCn1cc(C2(c3cccc(-c4cncc(F)c4)c3)N=C(N)c3c(F)cccc32)cc(C(F)F)c1=O. The molecule has 0 saturated heterocycles. The van der Waals surface area contributed by atoms with Gasteiger partial charge in [0.1, 0.15) is 23.0 Å². The van der Waals surface area contributed by atoms with E-state index in [-0.39, 0.29) is 23.5 Å². The van der Waals surface area contributed by atoms with E-state index in [1.54, 1.807) is 37.3 Å². The van der Waals surface area contributed by atoms with Crippen LogP contribution in [-0.4, -0.2) is 15.4 Å². The number of hydrogen-bond acceptors (Lipinski definition) is 4. The van der Waals surface area contributed by atoms with E-state index in [0.29, 0.717) is 22.3 Å². The molecule has 1 atom stereocenters. The average molecular weight is 492 g/mol. The van der Waals surface area contributed by atoms with Gasteiger partial charge in [-0.15, -0.1) is 0 Å². The number of amidine groups is 1. The molecule has 2 aromatic carbocycles. The standard InChI is InChI=1S/C27H20F4N4O/c1-2-35-14-18(11-20(24(30)31)26(35)36)27(21-7-4-8-22(29)23(21)25(32)34-27)17-6-3-5-15(9-17)16-10-19(28)13-33-12-16/h3-14,24H,2H2,1H3,(H2,32,34). The first-order chi connectivity index (χ1) is 17.3. The molecule has 0 bridgehead atoms. The van der Waals surface area contributed by atoms with Crippen LogP contribution < -0.4 is 11.3 Å². The zero-order valence-corrected chi connectivity index (χ0v) is 19.1. The van der Waals surface area contributed by atoms with Crippen LogP contribution in [-0.2, 0) is 12.1 Å². The van der Waals surface area contributed by atoms with Crippen LogP contribution in [0.2, 0.25) is 0 Å². The van der Waals surface area contributed by atoms with Crippen LogP contribution in [0, 0.1) is 11.6 Å². The van der Waals surface area contributed by atoms with Gasteiger partial charge < -0.3 is 10.3 Å². The van der Waals surface area contributed by atoms with E-state index >= 15 is 0 Å². The molecular formula is C27H20F4N4O. The molecule has 1 aliphatic heterocycles. The third-order valence-corrected chi connectivity index (χ3v) is 6.37. The van der Waals surface area contributed by atoms with E-state index in [9.17, 15) is 22.4 Å². The summed E-state index contributed by atoms with van der Waals surface area (Å²) in [4.78, 5) is 21.1. The quantitative estimate of drug-likeness (QED) is 0.392. The van der Waals surface area contributed by atoms with Crippen molar-refractivity contribution in [1.29, 1.82) is 0 Å². The number of pyridine rings is 2. The molecule has 1 unspecified atom stereocenters. The lowest BCUT2D eigenvalue weighted by Crippen LogP contribution is -2.31. The maximum absolute atomic E-state index is 14.9. The highest BCUT2D eigenvalue weighted by molar-refractivity contribution is 6.03. The Hall–Kier alpha value is -4.27. The van der Waals surface area contributed by atoms with Crippen LogP contribution >= 0.6 is 0 Å². The second kappa shape index (κ2) is 8.75. The zero-order valence-electron chi connectivity index (χ0n) is 19.1. The van der Waals surface area contributed by atoms with Gasteiger partial charge in [-0.25, -0.2) is 22.6 Å². The molecule has 182 valence electrons. The molecule has 2 aromatic heterocycles. The molecule has 5 rings (SSSR count). The Labute approximate surface area is 203 Å². The van der Waals surface area contributed by atoms with Gasteiger partial charge in [0.25, 0.3) is 12.0 Å². The summed E-state index contributed by atoms with van der Waals surface area (Å²) < 4.78 is 57.8. The van der Waals surface area contributed by atoms with Gasteiger partial charge in [0.05, 0.1) is 17.3 Å². The first-order valence-corrected chi connectivity index (χ1v) is 11.2. The number of aliphatic imine (C=N–C) groups is 1. The molecular weight excluding hydrogens is 472 g/mol. The molecule has 1 aliphatic rings. The summed E-state index contributed by atoms with van der Waals surface area (Å²) in [6.07, 6.45) is 0.976. The summed E-state index contributed by atoms with van der Waals surface area (Å²) in [5.74, 6) is -1.24. The highest BCUT2D eigenvalue weighted by Crippen LogP contribution is 2.47. The Bertz CT molecular complexity index is 1580. The van der Waals surface area contributed by atoms with Crippen molar-refractivity contribution in [3.8, 4) is 11.1 Å². The lowest BCUT2D eigenvalue weighted by atomic mass is 9.77. The number of benzene rings is 2. The first kappa shape index (κ1) is 23.5. The fraction of sp³-hybridized carbons (Fsp3) is 0.148. The molecule has 0 amide bonds. The summed E-state index contributed by atoms with van der Waals surface area (Å²) in [5, 5.41) is 0. The van der Waals surface area contributed by atoms with Gasteiger partial charge in [-0.05, 0) is 42.3 Å². The lowest BCUT2D eigenvalue weighted by Gasteiger charge is -2.30. The van der Waals surface area contributed by atoms with Crippen molar-refractivity contribution in [2.75, 3.05) is 0 Å². The predicted octanol–water partition coefficient (Wildman–Crippen LogP) is 5.16. The molecule has 3 heterocycles. The van der Waals surface area contributed by atoms with Crippen LogP contribution in [0.5, 0.6) is 0 Å². The average Bonchev–Trinajstić information content (AvgIpc) is 3.18. The van der Waals surface area contributed by atoms with E-state index in [4.69, 9.17) is 5.73 Å². The van der Waals surface area contributed by atoms with Crippen molar-refractivity contribution in [2.24, 2.45) is 10.7 Å². The summed E-state index contributed by atoms with van der Waals surface area (Å²) >= 11 is 0. The molecule has 0 spiro atoms. The third kappa shape index (κ3) is 3.59. The molecule has 9 heteroatoms. The molecule has 2 N–H and O–H groups in total. The van der Waals surface area contributed by atoms with E-state index < -0.39 is 34.7 Å². The smallest absolute Gasteiger partial charge is 0.269 e. The zero-order chi connectivity index (χ0) is 25.6. The maximum Gasteiger partial charge on any atom is 0.269 e. The highest BCUT2D eigenvalue weighted by atomic mass is 19.3. The van der Waals surface area contributed by atoms with Gasteiger partial charge in [0, 0.05) is 35.6 Å². The minimum atomic E-state index is -3.04. The van der Waals surface area contributed by atoms with Crippen LogP contribution in [0.25, 0.3) is 11.1 Å². The molecule has 0 fully saturated rings. The van der Waals surface area contributed by atoms with Crippen molar-refractivity contribution in [2.45, 2.75) is 25.4 Å². The minimum absolute atomic E-state index is 0.0585. The molecule has 5 nitrogen and oxygen atoms in total. The Morgan fingerprint density at radius 3 is 2.50 bits per heavy atom. The van der Waals surface area contributed by atoms with Crippen molar-refractivity contribution >= 4 is 5.84 Å². The molecule has 0 saturated carbocycles. The van der Waals surface area contributed by atoms with Gasteiger partial charge in [-0.2, -0.15) is 0 Å². The van der Waals surface area contributed by atoms with E-state index in [2.05, 4.69) is 9.98 Å². The van der Waals surface area contributed by atoms with Crippen LogP contribution in [0.1, 0.15) is 41.2 Å². The number of aryl methyl sites for hydroxylation is 1. The van der Waals surface area contributed by atoms with Gasteiger partial charge in [-0.1, -0.05) is 30.3 Å². The summed E-state index contributed by atoms with van der Waals surface area (Å²) in [7, 11) is 0. The first-order valence-electron chi connectivity index (χ1n) is 11.2. The molecule has 36 heavy (non-hydrogen) atoms. The Morgan fingerprint density at radius 2 is 1.78 bits per heavy atom. The van der Waals surface area contributed by atoms with Gasteiger partial charge >= 0.3 is 0 Å². The fourth-order valence-electron chi connectivity index (χ4n) is 4.73. The number of aromatic nitrogens is 2. The van der Waals surface area contributed by atoms with Crippen molar-refractivity contribution in [3.05, 3.63) is 123 Å². The molecule has 0 radical (unpaired) electrons. The number of nitrogens with two attached hydrogens (primary N) is 1. The number of fused-ring (bicyclic) bond motifs is 1. The summed E-state index contributed by atoms with van der Waals surface area (Å²) in [5.41, 5.74) is 5.30. The van der Waals surface area contributed by atoms with Crippen LogP contribution in [0.4, 0.5) is 17.6 Å². The highest BCUT2D eigenvalue weighted by Gasteiger charge is 2.45. The fourth-order valence-corrected chi connectivity index (χ4v) is 4.73. The van der Waals surface area contributed by atoms with Crippen molar-refractivity contribution in [3.63, 3.8) is 0 Å². The number of halogens is 4. The van der Waals surface area contributed by atoms with Crippen LogP contribution in [0.15, 0.2) is 83.0 Å².